The smallest absolute Gasteiger partial charge is 0.311 e. The van der Waals surface area contributed by atoms with E-state index in [1.54, 1.807) is 49.4 Å². The van der Waals surface area contributed by atoms with E-state index in [-0.39, 0.29) is 23.3 Å². The fourth-order valence-corrected chi connectivity index (χ4v) is 4.32. The molecule has 1 unspecified atom stereocenters. The highest BCUT2D eigenvalue weighted by molar-refractivity contribution is 6.71. The molecule has 0 aromatic heterocycles. The number of hydrogen-bond acceptors (Lipinski definition) is 6. The third kappa shape index (κ3) is 5.09. The van der Waals surface area contributed by atoms with Crippen LogP contribution >= 0.6 is 0 Å². The number of phenolic OH excluding ortho intramolecular Hbond substituents is 1. The number of phenols is 1. The molecule has 37 heavy (non-hydrogen) atoms. The number of nitrogens with one attached hydrogen (secondary N) is 1. The van der Waals surface area contributed by atoms with Crippen LogP contribution in [0.25, 0.3) is 11.1 Å². The first-order valence-electron chi connectivity index (χ1n) is 12.0. The number of carbonyl (C=O) groups excluding carboxylic acids is 1. The molecule has 0 bridgehead atoms. The summed E-state index contributed by atoms with van der Waals surface area (Å²) in [6, 6.07) is 18.0. The first-order chi connectivity index (χ1) is 17.6. The van der Waals surface area contributed by atoms with E-state index in [1.807, 2.05) is 45.9 Å². The second-order valence-electron chi connectivity index (χ2n) is 9.53. The van der Waals surface area contributed by atoms with Crippen molar-refractivity contribution in [1.29, 1.82) is 0 Å². The number of carboxylic acids is 1. The van der Waals surface area contributed by atoms with E-state index in [0.29, 0.717) is 28.2 Å². The summed E-state index contributed by atoms with van der Waals surface area (Å²) in [6.07, 6.45) is 0. The molecule has 1 aliphatic heterocycles. The number of nitrogens with zero attached hydrogens (tertiary/aromatic N) is 3. The zero-order chi connectivity index (χ0) is 26.9. The van der Waals surface area contributed by atoms with Crippen LogP contribution in [-0.2, 0) is 9.59 Å². The highest BCUT2D eigenvalue weighted by Gasteiger charge is 2.31. The van der Waals surface area contributed by atoms with E-state index in [2.05, 4.69) is 15.6 Å². The van der Waals surface area contributed by atoms with Gasteiger partial charge in [-0.2, -0.15) is 15.2 Å². The Morgan fingerprint density at radius 2 is 1.70 bits per heavy atom. The lowest BCUT2D eigenvalue weighted by atomic mass is 9.87. The molecule has 1 amide bonds. The van der Waals surface area contributed by atoms with Gasteiger partial charge in [0.05, 0.1) is 23.0 Å². The summed E-state index contributed by atoms with van der Waals surface area (Å²) >= 11 is 0. The van der Waals surface area contributed by atoms with Crippen LogP contribution in [0, 0.1) is 19.8 Å². The molecule has 0 fully saturated rings. The number of hydrazone groups is 2. The van der Waals surface area contributed by atoms with Crippen molar-refractivity contribution in [2.45, 2.75) is 40.5 Å². The van der Waals surface area contributed by atoms with E-state index >= 15 is 0 Å². The molecule has 8 heteroatoms. The molecule has 8 nitrogen and oxygen atoms in total. The van der Waals surface area contributed by atoms with Crippen molar-refractivity contribution in [3.8, 4) is 16.9 Å². The fourth-order valence-electron chi connectivity index (χ4n) is 4.32. The van der Waals surface area contributed by atoms with Gasteiger partial charge in [-0.25, -0.2) is 0 Å². The average molecular weight is 499 g/mol. The number of aryl methyl sites for hydroxylation is 2. The first kappa shape index (κ1) is 25.6. The Balaban J connectivity index is 1.57. The van der Waals surface area contributed by atoms with Crippen LogP contribution in [-0.4, -0.2) is 33.5 Å². The highest BCUT2D eigenvalue weighted by atomic mass is 16.4. The number of anilines is 2. The third-order valence-corrected chi connectivity index (χ3v) is 6.56. The molecule has 0 saturated carbocycles. The second kappa shape index (κ2) is 10.3. The van der Waals surface area contributed by atoms with Crippen molar-refractivity contribution in [3.05, 3.63) is 77.4 Å². The Bertz CT molecular complexity index is 1420. The van der Waals surface area contributed by atoms with E-state index < -0.39 is 11.9 Å². The zero-order valence-electron chi connectivity index (χ0n) is 21.5. The molecule has 0 aliphatic carbocycles. The van der Waals surface area contributed by atoms with Gasteiger partial charge in [-0.15, -0.1) is 0 Å². The maximum atomic E-state index is 13.0. The van der Waals surface area contributed by atoms with Gasteiger partial charge in [-0.1, -0.05) is 56.3 Å². The lowest BCUT2D eigenvalue weighted by molar-refractivity contribution is -0.139. The van der Waals surface area contributed by atoms with Crippen molar-refractivity contribution < 1.29 is 19.8 Å². The number of aliphatic carboxylic acids is 1. The van der Waals surface area contributed by atoms with Gasteiger partial charge in [0.2, 0.25) is 0 Å². The summed E-state index contributed by atoms with van der Waals surface area (Å²) in [5.41, 5.74) is 8.56. The molecule has 1 heterocycles. The van der Waals surface area contributed by atoms with Crippen LogP contribution in [0.5, 0.6) is 5.75 Å². The van der Waals surface area contributed by atoms with Gasteiger partial charge >= 0.3 is 11.9 Å². The highest BCUT2D eigenvalue weighted by Crippen LogP contribution is 2.36. The van der Waals surface area contributed by atoms with Gasteiger partial charge in [-0.3, -0.25) is 15.0 Å². The normalized spacial score (nSPS) is 15.3. The summed E-state index contributed by atoms with van der Waals surface area (Å²) in [6.45, 7) is 9.43. The van der Waals surface area contributed by atoms with Gasteiger partial charge < -0.3 is 10.2 Å². The summed E-state index contributed by atoms with van der Waals surface area (Å²) in [4.78, 5) is 24.7. The van der Waals surface area contributed by atoms with Gasteiger partial charge in [-0.05, 0) is 67.1 Å². The van der Waals surface area contributed by atoms with E-state index in [1.165, 1.54) is 5.01 Å². The van der Waals surface area contributed by atoms with E-state index in [9.17, 15) is 19.8 Å². The molecular formula is C29H30N4O4. The number of benzene rings is 3. The number of carboxylic acid groups (broad SMARTS) is 1. The van der Waals surface area contributed by atoms with Crippen molar-refractivity contribution in [2.75, 3.05) is 10.4 Å². The Kier molecular flexibility index (Phi) is 7.11. The van der Waals surface area contributed by atoms with Crippen molar-refractivity contribution in [3.63, 3.8) is 0 Å². The molecule has 0 spiro atoms. The minimum atomic E-state index is -0.868. The number of carbonyl (C=O) groups is 2. The molecule has 1 atom stereocenters. The predicted molar refractivity (Wildman–Crippen MR) is 146 cm³/mol. The molecular weight excluding hydrogens is 468 g/mol. The summed E-state index contributed by atoms with van der Waals surface area (Å²) < 4.78 is 0. The van der Waals surface area contributed by atoms with Crippen molar-refractivity contribution in [2.24, 2.45) is 16.1 Å². The molecule has 1 aliphatic rings. The maximum Gasteiger partial charge on any atom is 0.311 e. The topological polar surface area (TPSA) is 115 Å². The maximum absolute atomic E-state index is 13.0. The standard InChI is InChI=1S/C29H30N4O4/c1-16(2)25(29(36)37)21-12-10-20(11-13-21)23-7-6-8-24(27(23)34)30-31-26-19(5)32-33(28(26)35)22-14-9-17(3)18(4)15-22/h6-16,25,30,34H,1-5H3,(H,36,37). The lowest BCUT2D eigenvalue weighted by Crippen LogP contribution is -2.28. The van der Waals surface area contributed by atoms with Crippen LogP contribution in [0.15, 0.2) is 70.9 Å². The Hall–Kier alpha value is -4.46. The Morgan fingerprint density at radius 3 is 2.32 bits per heavy atom. The van der Waals surface area contributed by atoms with Gasteiger partial charge in [0.1, 0.15) is 5.75 Å². The predicted octanol–water partition coefficient (Wildman–Crippen LogP) is 5.69. The van der Waals surface area contributed by atoms with Crippen LogP contribution in [0.4, 0.5) is 11.4 Å². The number of rotatable bonds is 7. The number of para-hydroxylation sites is 1. The van der Waals surface area contributed by atoms with Crippen LogP contribution in [0.1, 0.15) is 43.4 Å². The van der Waals surface area contributed by atoms with Crippen LogP contribution in [0.2, 0.25) is 0 Å². The van der Waals surface area contributed by atoms with Gasteiger partial charge in [0.15, 0.2) is 5.71 Å². The lowest BCUT2D eigenvalue weighted by Gasteiger charge is -2.17. The second-order valence-corrected chi connectivity index (χ2v) is 9.53. The number of aromatic hydroxyl groups is 1. The number of amides is 1. The Morgan fingerprint density at radius 1 is 1.00 bits per heavy atom. The number of hydrogen-bond donors (Lipinski definition) is 3. The van der Waals surface area contributed by atoms with Crippen LogP contribution in [0.3, 0.4) is 0 Å². The Labute approximate surface area is 216 Å². The summed E-state index contributed by atoms with van der Waals surface area (Å²) in [5.74, 6) is -1.93. The molecule has 190 valence electrons. The van der Waals surface area contributed by atoms with E-state index in [0.717, 1.165) is 16.7 Å². The monoisotopic (exact) mass is 498 g/mol. The van der Waals surface area contributed by atoms with Gasteiger partial charge in [0, 0.05) is 5.56 Å². The minimum Gasteiger partial charge on any atom is -0.505 e. The largest absolute Gasteiger partial charge is 0.505 e. The zero-order valence-corrected chi connectivity index (χ0v) is 21.5. The average Bonchev–Trinajstić information content (AvgIpc) is 3.13. The van der Waals surface area contributed by atoms with Crippen LogP contribution < -0.4 is 10.4 Å². The van der Waals surface area contributed by atoms with Gasteiger partial charge in [0.25, 0.3) is 0 Å². The first-order valence-corrected chi connectivity index (χ1v) is 12.0. The molecule has 3 aromatic rings. The van der Waals surface area contributed by atoms with Crippen molar-refractivity contribution in [1.82, 2.24) is 0 Å². The van der Waals surface area contributed by atoms with E-state index in [4.69, 9.17) is 0 Å². The SMILES string of the molecule is CC1=NN(c2ccc(C)c(C)c2)C(=O)C1=NNc1cccc(-c2ccc(C(C(=O)O)C(C)C)cc2)c1O. The molecule has 3 aromatic carbocycles. The summed E-state index contributed by atoms with van der Waals surface area (Å²) in [5, 5.41) is 30.4. The molecule has 0 saturated heterocycles. The summed E-state index contributed by atoms with van der Waals surface area (Å²) in [7, 11) is 0. The molecule has 0 radical (unpaired) electrons. The quantitative estimate of drug-likeness (QED) is 0.286. The van der Waals surface area contributed by atoms with Crippen molar-refractivity contribution >= 4 is 34.7 Å². The molecule has 4 rings (SSSR count). The third-order valence-electron chi connectivity index (χ3n) is 6.56. The minimum absolute atomic E-state index is 0.0377. The fraction of sp³-hybridized carbons (Fsp3) is 0.241. The molecule has 3 N–H and O–H groups in total.